The van der Waals surface area contributed by atoms with Gasteiger partial charge in [-0.05, 0) is 81.0 Å². The van der Waals surface area contributed by atoms with Crippen molar-refractivity contribution in [3.8, 4) is 5.75 Å². The van der Waals surface area contributed by atoms with Gasteiger partial charge in [-0.15, -0.1) is 0 Å². The summed E-state index contributed by atoms with van der Waals surface area (Å²) in [5, 5.41) is 6.39. The molecular formula is C22H31N3O2. The summed E-state index contributed by atoms with van der Waals surface area (Å²) in [5.74, 6) is 0.805. The lowest BCUT2D eigenvalue weighted by Crippen LogP contribution is -2.29. The number of ether oxygens (including phenoxy) is 1. The predicted molar refractivity (Wildman–Crippen MR) is 112 cm³/mol. The monoisotopic (exact) mass is 369 g/mol. The lowest BCUT2D eigenvalue weighted by Gasteiger charge is -2.17. The molecule has 5 nitrogen and oxygen atoms in total. The Morgan fingerprint density at radius 3 is 2.37 bits per heavy atom. The third-order valence-corrected chi connectivity index (χ3v) is 4.69. The van der Waals surface area contributed by atoms with Crippen LogP contribution in [0, 0.1) is 6.92 Å². The van der Waals surface area contributed by atoms with E-state index in [9.17, 15) is 4.79 Å². The first-order valence-corrected chi connectivity index (χ1v) is 9.59. The number of carbonyl (C=O) groups is 1. The van der Waals surface area contributed by atoms with Crippen LogP contribution < -0.4 is 15.4 Å². The van der Waals surface area contributed by atoms with Crippen LogP contribution in [0.25, 0.3) is 0 Å². The van der Waals surface area contributed by atoms with Gasteiger partial charge >= 0.3 is 0 Å². The largest absolute Gasteiger partial charge is 0.497 e. The fourth-order valence-electron chi connectivity index (χ4n) is 2.92. The molecule has 2 aromatic carbocycles. The van der Waals surface area contributed by atoms with Crippen LogP contribution in [0.4, 0.5) is 11.4 Å². The third-order valence-electron chi connectivity index (χ3n) is 4.69. The van der Waals surface area contributed by atoms with Crippen molar-refractivity contribution in [2.45, 2.75) is 27.2 Å². The van der Waals surface area contributed by atoms with Gasteiger partial charge in [0.2, 0.25) is 0 Å². The number of carbonyl (C=O) groups excluding carboxylic acids is 1. The molecule has 146 valence electrons. The summed E-state index contributed by atoms with van der Waals surface area (Å²) in [7, 11) is 1.65. The highest BCUT2D eigenvalue weighted by molar-refractivity contribution is 5.95. The summed E-state index contributed by atoms with van der Waals surface area (Å²) in [4.78, 5) is 14.7. The van der Waals surface area contributed by atoms with Crippen molar-refractivity contribution in [3.63, 3.8) is 0 Å². The Kier molecular flexibility index (Phi) is 8.14. The molecular weight excluding hydrogens is 338 g/mol. The minimum absolute atomic E-state index is 0.0198. The smallest absolute Gasteiger partial charge is 0.251 e. The number of benzene rings is 2. The molecule has 2 rings (SSSR count). The predicted octanol–water partition coefficient (Wildman–Crippen LogP) is 4.21. The molecule has 27 heavy (non-hydrogen) atoms. The zero-order chi connectivity index (χ0) is 19.6. The van der Waals surface area contributed by atoms with Gasteiger partial charge in [0.25, 0.3) is 5.91 Å². The number of anilines is 2. The van der Waals surface area contributed by atoms with E-state index in [0.717, 1.165) is 48.7 Å². The molecule has 0 spiro atoms. The second-order valence-electron chi connectivity index (χ2n) is 6.52. The van der Waals surface area contributed by atoms with Gasteiger partial charge in [0, 0.05) is 23.5 Å². The molecule has 0 bridgehead atoms. The Bertz CT molecular complexity index is 725. The third kappa shape index (κ3) is 6.29. The van der Waals surface area contributed by atoms with Crippen molar-refractivity contribution in [1.82, 2.24) is 10.2 Å². The van der Waals surface area contributed by atoms with E-state index in [-0.39, 0.29) is 5.91 Å². The first-order valence-electron chi connectivity index (χ1n) is 9.59. The standard InChI is InChI=1S/C22H31N3O2/c1-5-25(6-2)15-7-14-23-22(26)18-8-13-21(17(3)16-18)24-19-9-11-20(27-4)12-10-19/h8-13,16,24H,5-7,14-15H2,1-4H3,(H,23,26). The lowest BCUT2D eigenvalue weighted by atomic mass is 10.1. The molecule has 0 aliphatic heterocycles. The molecule has 0 atom stereocenters. The van der Waals surface area contributed by atoms with Gasteiger partial charge in [-0.25, -0.2) is 0 Å². The number of nitrogens with one attached hydrogen (secondary N) is 2. The van der Waals surface area contributed by atoms with Crippen molar-refractivity contribution >= 4 is 17.3 Å². The van der Waals surface area contributed by atoms with E-state index in [1.54, 1.807) is 7.11 Å². The Labute approximate surface area is 162 Å². The highest BCUT2D eigenvalue weighted by Gasteiger charge is 2.08. The van der Waals surface area contributed by atoms with E-state index in [0.29, 0.717) is 12.1 Å². The van der Waals surface area contributed by atoms with Crippen LogP contribution in [-0.4, -0.2) is 44.1 Å². The number of hydrogen-bond acceptors (Lipinski definition) is 4. The maximum Gasteiger partial charge on any atom is 0.251 e. The second kappa shape index (κ2) is 10.6. The summed E-state index contributed by atoms with van der Waals surface area (Å²) in [6, 6.07) is 13.5. The van der Waals surface area contributed by atoms with Gasteiger partial charge in [0.1, 0.15) is 5.75 Å². The first-order chi connectivity index (χ1) is 13.1. The number of rotatable bonds is 10. The average Bonchev–Trinajstić information content (AvgIpc) is 2.70. The second-order valence-corrected chi connectivity index (χ2v) is 6.52. The van der Waals surface area contributed by atoms with Gasteiger partial charge in [0.15, 0.2) is 0 Å². The maximum absolute atomic E-state index is 12.4. The topological polar surface area (TPSA) is 53.6 Å². The SMILES string of the molecule is CCN(CC)CCCNC(=O)c1ccc(Nc2ccc(OC)cc2)c(C)c1. The molecule has 0 saturated heterocycles. The molecule has 0 heterocycles. The van der Waals surface area contributed by atoms with Crippen molar-refractivity contribution in [2.24, 2.45) is 0 Å². The Morgan fingerprint density at radius 2 is 1.78 bits per heavy atom. The van der Waals surface area contributed by atoms with E-state index < -0.39 is 0 Å². The van der Waals surface area contributed by atoms with Crippen LogP contribution in [0.5, 0.6) is 5.75 Å². The molecule has 0 fully saturated rings. The van der Waals surface area contributed by atoms with Crippen LogP contribution in [0.15, 0.2) is 42.5 Å². The molecule has 0 radical (unpaired) electrons. The van der Waals surface area contributed by atoms with Gasteiger partial charge in [-0.1, -0.05) is 13.8 Å². The van der Waals surface area contributed by atoms with Crippen molar-refractivity contribution < 1.29 is 9.53 Å². The van der Waals surface area contributed by atoms with E-state index in [1.165, 1.54) is 0 Å². The molecule has 2 N–H and O–H groups in total. The summed E-state index contributed by atoms with van der Waals surface area (Å²) in [6.45, 7) is 10.1. The van der Waals surface area contributed by atoms with Crippen LogP contribution in [0.2, 0.25) is 0 Å². The van der Waals surface area contributed by atoms with Crippen molar-refractivity contribution in [3.05, 3.63) is 53.6 Å². The van der Waals surface area contributed by atoms with Gasteiger partial charge in [-0.2, -0.15) is 0 Å². The van der Waals surface area contributed by atoms with Gasteiger partial charge < -0.3 is 20.3 Å². The minimum Gasteiger partial charge on any atom is -0.497 e. The first kappa shape index (κ1) is 20.8. The molecule has 0 aromatic heterocycles. The van der Waals surface area contributed by atoms with E-state index in [1.807, 2.05) is 49.4 Å². The summed E-state index contributed by atoms with van der Waals surface area (Å²) >= 11 is 0. The number of amides is 1. The van der Waals surface area contributed by atoms with E-state index >= 15 is 0 Å². The van der Waals surface area contributed by atoms with Crippen molar-refractivity contribution in [2.75, 3.05) is 38.6 Å². The zero-order valence-electron chi connectivity index (χ0n) is 16.8. The summed E-state index contributed by atoms with van der Waals surface area (Å²) < 4.78 is 5.18. The Balaban J connectivity index is 1.89. The number of nitrogens with zero attached hydrogens (tertiary/aromatic N) is 1. The summed E-state index contributed by atoms with van der Waals surface area (Å²) in [6.07, 6.45) is 0.962. The van der Waals surface area contributed by atoms with Crippen molar-refractivity contribution in [1.29, 1.82) is 0 Å². The maximum atomic E-state index is 12.4. The highest BCUT2D eigenvalue weighted by atomic mass is 16.5. The van der Waals surface area contributed by atoms with E-state index in [2.05, 4.69) is 29.4 Å². The normalized spacial score (nSPS) is 10.7. The average molecular weight is 370 g/mol. The quantitative estimate of drug-likeness (QED) is 0.616. The van der Waals surface area contributed by atoms with E-state index in [4.69, 9.17) is 4.74 Å². The molecule has 1 amide bonds. The summed E-state index contributed by atoms with van der Waals surface area (Å²) in [5.41, 5.74) is 3.68. The van der Waals surface area contributed by atoms with Crippen LogP contribution >= 0.6 is 0 Å². The van der Waals surface area contributed by atoms with Crippen LogP contribution in [-0.2, 0) is 0 Å². The zero-order valence-corrected chi connectivity index (χ0v) is 16.8. The van der Waals surface area contributed by atoms with Gasteiger partial charge in [-0.3, -0.25) is 4.79 Å². The number of aryl methyl sites for hydroxylation is 1. The molecule has 5 heteroatoms. The minimum atomic E-state index is -0.0198. The van der Waals surface area contributed by atoms with Gasteiger partial charge in [0.05, 0.1) is 7.11 Å². The fraction of sp³-hybridized carbons (Fsp3) is 0.409. The van der Waals surface area contributed by atoms with Crippen LogP contribution in [0.3, 0.4) is 0 Å². The molecule has 0 unspecified atom stereocenters. The number of hydrogen-bond donors (Lipinski definition) is 2. The Hall–Kier alpha value is -2.53. The van der Waals surface area contributed by atoms with Crippen LogP contribution in [0.1, 0.15) is 36.2 Å². The molecule has 0 aliphatic carbocycles. The molecule has 2 aromatic rings. The number of methoxy groups -OCH3 is 1. The Morgan fingerprint density at radius 1 is 1.07 bits per heavy atom. The fourth-order valence-corrected chi connectivity index (χ4v) is 2.92. The highest BCUT2D eigenvalue weighted by Crippen LogP contribution is 2.23. The molecule has 0 saturated carbocycles. The lowest BCUT2D eigenvalue weighted by molar-refractivity contribution is 0.0952. The molecule has 0 aliphatic rings.